The van der Waals surface area contributed by atoms with Gasteiger partial charge >= 0.3 is 0 Å². The highest BCUT2D eigenvalue weighted by molar-refractivity contribution is 7.79. The van der Waals surface area contributed by atoms with E-state index in [1.54, 1.807) is 0 Å². The number of nitrogens with zero attached hydrogens (tertiary/aromatic N) is 1. The van der Waals surface area contributed by atoms with Crippen LogP contribution >= 0.6 is 0 Å². The number of hydrogen-bond acceptors (Lipinski definition) is 5. The summed E-state index contributed by atoms with van der Waals surface area (Å²) in [7, 11) is 1.51. The van der Waals surface area contributed by atoms with Gasteiger partial charge in [0.2, 0.25) is 0 Å². The SMILES string of the molecule is CN/C(=C\[N+](=O)[O-])NCCS(=O)O. The van der Waals surface area contributed by atoms with Gasteiger partial charge in [0.15, 0.2) is 16.9 Å². The first-order chi connectivity index (χ1) is 6.06. The van der Waals surface area contributed by atoms with Gasteiger partial charge in [-0.3, -0.25) is 10.1 Å². The third-order valence-corrected chi connectivity index (χ3v) is 1.65. The second-order valence-electron chi connectivity index (χ2n) is 2.03. The van der Waals surface area contributed by atoms with E-state index in [0.29, 0.717) is 0 Å². The fraction of sp³-hybridized carbons (Fsp3) is 0.600. The molecule has 7 nitrogen and oxygen atoms in total. The molecular weight excluding hydrogens is 198 g/mol. The molecule has 0 bridgehead atoms. The van der Waals surface area contributed by atoms with Gasteiger partial charge in [0.25, 0.3) is 6.20 Å². The molecule has 1 atom stereocenters. The van der Waals surface area contributed by atoms with Crippen molar-refractivity contribution in [2.45, 2.75) is 0 Å². The van der Waals surface area contributed by atoms with Crippen LogP contribution in [0.25, 0.3) is 0 Å². The highest BCUT2D eigenvalue weighted by Crippen LogP contribution is 1.82. The van der Waals surface area contributed by atoms with E-state index in [0.717, 1.165) is 6.20 Å². The van der Waals surface area contributed by atoms with Crippen molar-refractivity contribution in [2.75, 3.05) is 19.3 Å². The number of nitro groups is 1. The van der Waals surface area contributed by atoms with Gasteiger partial charge in [-0.05, 0) is 0 Å². The van der Waals surface area contributed by atoms with Crippen molar-refractivity contribution < 1.29 is 13.7 Å². The highest BCUT2D eigenvalue weighted by Gasteiger charge is 1.99. The molecule has 3 N–H and O–H groups in total. The van der Waals surface area contributed by atoms with Crippen LogP contribution in [0.3, 0.4) is 0 Å². The fourth-order valence-corrected chi connectivity index (χ4v) is 0.854. The predicted octanol–water partition coefficient (Wildman–Crippen LogP) is -0.907. The molecule has 0 aliphatic carbocycles. The van der Waals surface area contributed by atoms with Crippen molar-refractivity contribution in [3.05, 3.63) is 22.1 Å². The first-order valence-corrected chi connectivity index (χ1v) is 4.68. The van der Waals surface area contributed by atoms with Crippen LogP contribution in [0.2, 0.25) is 0 Å². The van der Waals surface area contributed by atoms with Crippen molar-refractivity contribution in [3.63, 3.8) is 0 Å². The Hall–Kier alpha value is -1.15. The van der Waals surface area contributed by atoms with Crippen LogP contribution in [-0.4, -0.2) is 33.0 Å². The maximum atomic E-state index is 10.2. The molecule has 0 fully saturated rings. The summed E-state index contributed by atoms with van der Waals surface area (Å²) in [6.07, 6.45) is 0.750. The van der Waals surface area contributed by atoms with Crippen molar-refractivity contribution in [1.82, 2.24) is 10.6 Å². The molecule has 0 saturated heterocycles. The summed E-state index contributed by atoms with van der Waals surface area (Å²) in [5.74, 6) is 0.229. The molecule has 0 radical (unpaired) electrons. The van der Waals surface area contributed by atoms with Crippen LogP contribution in [0.4, 0.5) is 0 Å². The van der Waals surface area contributed by atoms with E-state index in [9.17, 15) is 14.3 Å². The first kappa shape index (κ1) is 11.8. The van der Waals surface area contributed by atoms with Crippen LogP contribution in [0.15, 0.2) is 12.0 Å². The molecule has 8 heteroatoms. The van der Waals surface area contributed by atoms with E-state index < -0.39 is 16.0 Å². The molecule has 0 amide bonds. The highest BCUT2D eigenvalue weighted by atomic mass is 32.2. The van der Waals surface area contributed by atoms with Crippen molar-refractivity contribution in [1.29, 1.82) is 0 Å². The normalized spacial score (nSPS) is 13.5. The van der Waals surface area contributed by atoms with Crippen molar-refractivity contribution in [3.8, 4) is 0 Å². The summed E-state index contributed by atoms with van der Waals surface area (Å²) in [5.41, 5.74) is 0. The maximum Gasteiger partial charge on any atom is 0.274 e. The summed E-state index contributed by atoms with van der Waals surface area (Å²) < 4.78 is 18.6. The molecule has 0 aromatic rings. The molecule has 76 valence electrons. The largest absolute Gasteiger partial charge is 0.370 e. The van der Waals surface area contributed by atoms with Crippen LogP contribution < -0.4 is 10.6 Å². The lowest BCUT2D eigenvalue weighted by atomic mass is 10.6. The lowest BCUT2D eigenvalue weighted by Crippen LogP contribution is -2.27. The Morgan fingerprint density at radius 3 is 2.77 bits per heavy atom. The Kier molecular flexibility index (Phi) is 5.81. The minimum Gasteiger partial charge on any atom is -0.370 e. The number of hydrogen-bond donors (Lipinski definition) is 3. The zero-order valence-corrected chi connectivity index (χ0v) is 7.84. The number of rotatable bonds is 6. The molecule has 0 rings (SSSR count). The topological polar surface area (TPSA) is 105 Å². The van der Waals surface area contributed by atoms with E-state index >= 15 is 0 Å². The Bertz CT molecular complexity index is 230. The minimum atomic E-state index is -1.88. The second kappa shape index (κ2) is 6.38. The van der Waals surface area contributed by atoms with Gasteiger partial charge in [0.05, 0.1) is 10.7 Å². The standard InChI is InChI=1S/C5H11N3O4S/c1-6-5(4-8(9)10)7-2-3-13(11)12/h4,6-7H,2-3H2,1H3,(H,11,12)/b5-4+. The zero-order valence-electron chi connectivity index (χ0n) is 7.02. The van der Waals surface area contributed by atoms with Gasteiger partial charge in [0, 0.05) is 13.6 Å². The Balaban J connectivity index is 3.86. The maximum absolute atomic E-state index is 10.2. The fourth-order valence-electron chi connectivity index (χ4n) is 0.577. The van der Waals surface area contributed by atoms with E-state index in [2.05, 4.69) is 10.6 Å². The van der Waals surface area contributed by atoms with Crippen LogP contribution in [0, 0.1) is 10.1 Å². The van der Waals surface area contributed by atoms with E-state index in [1.165, 1.54) is 7.05 Å². The Morgan fingerprint density at radius 1 is 1.77 bits per heavy atom. The summed E-state index contributed by atoms with van der Waals surface area (Å²) in [6.45, 7) is 0.198. The third-order valence-electron chi connectivity index (χ3n) is 1.10. The lowest BCUT2D eigenvalue weighted by Gasteiger charge is -2.05. The Morgan fingerprint density at radius 2 is 2.38 bits per heavy atom. The van der Waals surface area contributed by atoms with Gasteiger partial charge in [-0.1, -0.05) is 0 Å². The monoisotopic (exact) mass is 209 g/mol. The Labute approximate surface area is 77.6 Å². The quantitative estimate of drug-likeness (QED) is 0.297. The molecular formula is C5H11N3O4S. The smallest absolute Gasteiger partial charge is 0.274 e. The average molecular weight is 209 g/mol. The lowest BCUT2D eigenvalue weighted by molar-refractivity contribution is -0.404. The number of nitrogens with one attached hydrogen (secondary N) is 2. The zero-order chi connectivity index (χ0) is 10.3. The molecule has 0 aromatic carbocycles. The average Bonchev–Trinajstić information content (AvgIpc) is 2.01. The molecule has 0 aliphatic heterocycles. The van der Waals surface area contributed by atoms with E-state index in [1.807, 2.05) is 0 Å². The summed E-state index contributed by atoms with van der Waals surface area (Å²) >= 11 is -1.88. The summed E-state index contributed by atoms with van der Waals surface area (Å²) in [5, 5.41) is 15.1. The van der Waals surface area contributed by atoms with Crippen LogP contribution in [-0.2, 0) is 11.1 Å². The predicted molar refractivity (Wildman–Crippen MR) is 47.8 cm³/mol. The first-order valence-electron chi connectivity index (χ1n) is 3.40. The van der Waals surface area contributed by atoms with Crippen LogP contribution in [0.5, 0.6) is 0 Å². The molecule has 0 heterocycles. The summed E-state index contributed by atoms with van der Waals surface area (Å²) in [6, 6.07) is 0. The molecule has 0 aromatic heterocycles. The molecule has 0 aliphatic rings. The van der Waals surface area contributed by atoms with Gasteiger partial charge in [0.1, 0.15) is 0 Å². The molecule has 1 unspecified atom stereocenters. The van der Waals surface area contributed by atoms with E-state index in [4.69, 9.17) is 4.55 Å². The van der Waals surface area contributed by atoms with Crippen molar-refractivity contribution in [2.24, 2.45) is 0 Å². The van der Waals surface area contributed by atoms with Crippen LogP contribution in [0.1, 0.15) is 0 Å². The minimum absolute atomic E-state index is 0.0245. The molecule has 13 heavy (non-hydrogen) atoms. The van der Waals surface area contributed by atoms with Gasteiger partial charge in [-0.15, -0.1) is 0 Å². The van der Waals surface area contributed by atoms with Gasteiger partial charge < -0.3 is 15.2 Å². The van der Waals surface area contributed by atoms with Crippen molar-refractivity contribution >= 4 is 11.1 Å². The van der Waals surface area contributed by atoms with Gasteiger partial charge in [-0.25, -0.2) is 4.21 Å². The summed E-state index contributed by atoms with van der Waals surface area (Å²) in [4.78, 5) is 9.39. The second-order valence-corrected chi connectivity index (χ2v) is 3.08. The van der Waals surface area contributed by atoms with Gasteiger partial charge in [-0.2, -0.15) is 0 Å². The van der Waals surface area contributed by atoms with E-state index in [-0.39, 0.29) is 18.1 Å². The third kappa shape index (κ3) is 7.22. The molecule has 0 spiro atoms. The molecule has 0 saturated carbocycles.